The van der Waals surface area contributed by atoms with Crippen LogP contribution in [0.5, 0.6) is 5.75 Å². The number of azo groups is 1. The highest BCUT2D eigenvalue weighted by Crippen LogP contribution is 2.32. The zero-order chi connectivity index (χ0) is 19.8. The van der Waals surface area contributed by atoms with Crippen LogP contribution in [0.4, 0.5) is 23.0 Å². The Labute approximate surface area is 158 Å². The van der Waals surface area contributed by atoms with Crippen LogP contribution < -0.4 is 21.5 Å². The Balaban J connectivity index is 2.16. The van der Waals surface area contributed by atoms with Gasteiger partial charge in [-0.3, -0.25) is 4.79 Å². The van der Waals surface area contributed by atoms with E-state index in [1.54, 1.807) is 24.3 Å². The molecule has 1 amide bonds. The zero-order valence-electron chi connectivity index (χ0n) is 15.5. The van der Waals surface area contributed by atoms with Gasteiger partial charge in [-0.25, -0.2) is 4.98 Å². The number of nitrogens with two attached hydrogens (primary N) is 2. The van der Waals surface area contributed by atoms with Gasteiger partial charge in [0.25, 0.3) is 0 Å². The van der Waals surface area contributed by atoms with Gasteiger partial charge < -0.3 is 21.5 Å². The summed E-state index contributed by atoms with van der Waals surface area (Å²) in [6, 6.07) is 10.4. The topological polar surface area (TPSA) is 128 Å². The summed E-state index contributed by atoms with van der Waals surface area (Å²) < 4.78 is 5.80. The molecule has 0 aliphatic rings. The number of benzene rings is 1. The molecule has 1 aromatic carbocycles. The lowest BCUT2D eigenvalue weighted by Gasteiger charge is -2.12. The second kappa shape index (κ2) is 9.44. The van der Waals surface area contributed by atoms with Gasteiger partial charge in [0.1, 0.15) is 17.2 Å². The van der Waals surface area contributed by atoms with Crippen molar-refractivity contribution in [2.45, 2.75) is 20.3 Å². The van der Waals surface area contributed by atoms with E-state index in [9.17, 15) is 4.79 Å². The first-order valence-electron chi connectivity index (χ1n) is 8.52. The van der Waals surface area contributed by atoms with Crippen LogP contribution in [-0.4, -0.2) is 17.4 Å². The van der Waals surface area contributed by atoms with Crippen LogP contribution in [0.3, 0.4) is 0 Å². The van der Waals surface area contributed by atoms with Crippen molar-refractivity contribution in [3.63, 3.8) is 0 Å². The highest BCUT2D eigenvalue weighted by Gasteiger charge is 2.08. The van der Waals surface area contributed by atoms with Crippen LogP contribution in [0.25, 0.3) is 0 Å². The second-order valence-corrected chi connectivity index (χ2v) is 6.26. The van der Waals surface area contributed by atoms with E-state index in [4.69, 9.17) is 16.2 Å². The number of rotatable bonds is 8. The number of carbonyl (C=O) groups excluding carboxylic acids is 1. The average Bonchev–Trinajstić information content (AvgIpc) is 2.61. The third kappa shape index (κ3) is 6.19. The molecule has 5 N–H and O–H groups in total. The van der Waals surface area contributed by atoms with E-state index < -0.39 is 0 Å². The summed E-state index contributed by atoms with van der Waals surface area (Å²) in [4.78, 5) is 15.4. The minimum atomic E-state index is -0.357. The number of nitrogens with one attached hydrogen (secondary N) is 1. The van der Waals surface area contributed by atoms with Crippen molar-refractivity contribution in [2.75, 3.05) is 17.6 Å². The molecule has 0 fully saturated rings. The predicted molar refractivity (Wildman–Crippen MR) is 106 cm³/mol. The molecular formula is C19H24N6O2. The maximum absolute atomic E-state index is 11.3. The molecule has 0 aliphatic heterocycles. The number of aromatic nitrogens is 1. The molecule has 0 bridgehead atoms. The van der Waals surface area contributed by atoms with Gasteiger partial charge in [0.2, 0.25) is 5.91 Å². The van der Waals surface area contributed by atoms with E-state index in [0.29, 0.717) is 34.6 Å². The van der Waals surface area contributed by atoms with Crippen molar-refractivity contribution in [1.82, 2.24) is 4.98 Å². The lowest BCUT2D eigenvalue weighted by molar-refractivity contribution is -0.114. The Hall–Kier alpha value is -3.26. The quantitative estimate of drug-likeness (QED) is 0.480. The molecule has 0 unspecified atom stereocenters. The van der Waals surface area contributed by atoms with Crippen LogP contribution in [0, 0.1) is 5.92 Å². The van der Waals surface area contributed by atoms with Crippen molar-refractivity contribution in [3.8, 4) is 5.75 Å². The van der Waals surface area contributed by atoms with Gasteiger partial charge in [-0.15, -0.1) is 10.2 Å². The second-order valence-electron chi connectivity index (χ2n) is 6.26. The molecule has 1 aromatic heterocycles. The molecule has 0 spiro atoms. The van der Waals surface area contributed by atoms with E-state index in [0.717, 1.165) is 6.42 Å². The van der Waals surface area contributed by atoms with Crippen LogP contribution in [-0.2, 0) is 4.79 Å². The number of amides is 1. The SMILES string of the molecule is C=C(CC(C)C)Oc1ccccc1/N=N/c1ccc(NC(=O)CN)nc1N. The maximum atomic E-state index is 11.3. The number of hydrogen-bond donors (Lipinski definition) is 3. The van der Waals surface area contributed by atoms with Gasteiger partial charge in [0.15, 0.2) is 11.6 Å². The molecule has 27 heavy (non-hydrogen) atoms. The Morgan fingerprint density at radius 3 is 2.59 bits per heavy atom. The van der Waals surface area contributed by atoms with Crippen LogP contribution >= 0.6 is 0 Å². The molecular weight excluding hydrogens is 344 g/mol. The van der Waals surface area contributed by atoms with Crippen molar-refractivity contribution in [1.29, 1.82) is 0 Å². The number of ether oxygens (including phenoxy) is 1. The number of pyridine rings is 1. The monoisotopic (exact) mass is 368 g/mol. The first-order valence-corrected chi connectivity index (χ1v) is 8.52. The number of para-hydroxylation sites is 1. The van der Waals surface area contributed by atoms with Crippen molar-refractivity contribution in [2.24, 2.45) is 21.9 Å². The van der Waals surface area contributed by atoms with Gasteiger partial charge in [0.05, 0.1) is 12.3 Å². The summed E-state index contributed by atoms with van der Waals surface area (Å²) in [6.07, 6.45) is 0.748. The first-order chi connectivity index (χ1) is 12.9. The molecule has 0 atom stereocenters. The van der Waals surface area contributed by atoms with Gasteiger partial charge >= 0.3 is 0 Å². The number of nitrogens with zero attached hydrogens (tertiary/aromatic N) is 3. The molecule has 0 radical (unpaired) electrons. The van der Waals surface area contributed by atoms with Gasteiger partial charge in [-0.05, 0) is 30.2 Å². The lowest BCUT2D eigenvalue weighted by atomic mass is 10.1. The van der Waals surface area contributed by atoms with E-state index in [2.05, 4.69) is 41.0 Å². The first kappa shape index (κ1) is 20.1. The van der Waals surface area contributed by atoms with Crippen molar-refractivity contribution in [3.05, 3.63) is 48.7 Å². The molecule has 142 valence electrons. The molecule has 8 nitrogen and oxygen atoms in total. The number of nitrogen functional groups attached to an aromatic ring is 1. The predicted octanol–water partition coefficient (Wildman–Crippen LogP) is 3.92. The fraction of sp³-hybridized carbons (Fsp3) is 0.263. The van der Waals surface area contributed by atoms with Gasteiger partial charge in [-0.1, -0.05) is 32.6 Å². The summed E-state index contributed by atoms with van der Waals surface area (Å²) >= 11 is 0. The third-order valence-corrected chi connectivity index (χ3v) is 3.38. The summed E-state index contributed by atoms with van der Waals surface area (Å²) in [5.74, 6) is 1.74. The molecule has 0 saturated heterocycles. The Bertz CT molecular complexity index is 848. The normalized spacial score (nSPS) is 11.0. The number of carbonyl (C=O) groups is 1. The van der Waals surface area contributed by atoms with E-state index in [1.165, 1.54) is 0 Å². The molecule has 2 aromatic rings. The van der Waals surface area contributed by atoms with E-state index in [1.807, 2.05) is 12.1 Å². The summed E-state index contributed by atoms with van der Waals surface area (Å²) in [5.41, 5.74) is 12.1. The number of hydrogen-bond acceptors (Lipinski definition) is 7. The van der Waals surface area contributed by atoms with Crippen molar-refractivity contribution < 1.29 is 9.53 Å². The minimum absolute atomic E-state index is 0.135. The van der Waals surface area contributed by atoms with Gasteiger partial charge in [-0.2, -0.15) is 0 Å². The average molecular weight is 368 g/mol. The number of anilines is 2. The lowest BCUT2D eigenvalue weighted by Crippen LogP contribution is -2.22. The minimum Gasteiger partial charge on any atom is -0.460 e. The van der Waals surface area contributed by atoms with Crippen LogP contribution in [0.15, 0.2) is 59.0 Å². The fourth-order valence-electron chi connectivity index (χ4n) is 2.20. The van der Waals surface area contributed by atoms with Crippen molar-refractivity contribution >= 4 is 28.9 Å². The zero-order valence-corrected chi connectivity index (χ0v) is 15.5. The fourth-order valence-corrected chi connectivity index (χ4v) is 2.20. The number of allylic oxidation sites excluding steroid dienone is 1. The molecule has 1 heterocycles. The van der Waals surface area contributed by atoms with Gasteiger partial charge in [0, 0.05) is 6.42 Å². The smallest absolute Gasteiger partial charge is 0.239 e. The molecule has 2 rings (SSSR count). The Morgan fingerprint density at radius 1 is 1.22 bits per heavy atom. The Morgan fingerprint density at radius 2 is 1.93 bits per heavy atom. The maximum Gasteiger partial charge on any atom is 0.239 e. The Kier molecular flexibility index (Phi) is 7.01. The summed E-state index contributed by atoms with van der Waals surface area (Å²) in [6.45, 7) is 7.98. The molecule has 0 aliphatic carbocycles. The van der Waals surface area contributed by atoms with E-state index in [-0.39, 0.29) is 18.3 Å². The summed E-state index contributed by atoms with van der Waals surface area (Å²) in [5, 5.41) is 10.9. The highest BCUT2D eigenvalue weighted by atomic mass is 16.5. The summed E-state index contributed by atoms with van der Waals surface area (Å²) in [7, 11) is 0. The van der Waals surface area contributed by atoms with Crippen LogP contribution in [0.1, 0.15) is 20.3 Å². The van der Waals surface area contributed by atoms with E-state index >= 15 is 0 Å². The molecule has 0 saturated carbocycles. The third-order valence-electron chi connectivity index (χ3n) is 3.38. The van der Waals surface area contributed by atoms with Crippen LogP contribution in [0.2, 0.25) is 0 Å². The largest absolute Gasteiger partial charge is 0.460 e. The molecule has 8 heteroatoms. The highest BCUT2D eigenvalue weighted by molar-refractivity contribution is 5.91. The standard InChI is InChI=1S/C19H24N6O2/c1-12(2)10-13(3)27-16-7-5-4-6-14(16)24-25-15-8-9-17(23-19(15)21)22-18(26)11-20/h4-9,12H,3,10-11,20H2,1-2H3,(H3,21,22,23,26)/b25-24+.